The first-order valence-corrected chi connectivity index (χ1v) is 3.47. The second-order valence-corrected chi connectivity index (χ2v) is 3.33. The molecule has 0 heterocycles. The molecule has 0 N–H and O–H groups in total. The third kappa shape index (κ3) is 1.57. The van der Waals surface area contributed by atoms with Gasteiger partial charge in [0.2, 0.25) is 0 Å². The van der Waals surface area contributed by atoms with Crippen LogP contribution in [0.2, 0.25) is 0 Å². The fraction of sp³-hybridized carbons (Fsp3) is 0.800. The van der Waals surface area contributed by atoms with Gasteiger partial charge in [-0.3, -0.25) is 0 Å². The molecule has 2 heteroatoms. The predicted octanol–water partition coefficient (Wildman–Crippen LogP) is 1.93. The molecule has 7 heavy (non-hydrogen) atoms. The predicted molar refractivity (Wildman–Crippen MR) is 38.9 cm³/mol. The summed E-state index contributed by atoms with van der Waals surface area (Å²) in [5.41, 5.74) is 0. The first kappa shape index (κ1) is 5.83. The smallest absolute Gasteiger partial charge is 0.0285 e. The summed E-state index contributed by atoms with van der Waals surface area (Å²) in [6.07, 6.45) is 3.52. The average Bonchev–Trinajstić information content (AvgIpc) is 1.87. The molecule has 1 aliphatic rings. The number of hydrogen-bond donors (Lipinski definition) is 2. The summed E-state index contributed by atoms with van der Waals surface area (Å²) in [5.74, 6) is 0. The lowest BCUT2D eigenvalue weighted by atomic mass is 10.4. The lowest BCUT2D eigenvalue weighted by Crippen LogP contribution is -1.85. The molecule has 1 aliphatic carbocycles. The fourth-order valence-electron chi connectivity index (χ4n) is 0.809. The Morgan fingerprint density at radius 1 is 1.57 bits per heavy atom. The molecule has 0 amide bonds. The van der Waals surface area contributed by atoms with Crippen LogP contribution >= 0.6 is 25.3 Å². The van der Waals surface area contributed by atoms with Gasteiger partial charge in [0.15, 0.2) is 0 Å². The first-order chi connectivity index (χ1) is 3.29. The Morgan fingerprint density at radius 3 is 2.43 bits per heavy atom. The normalized spacial score (nSPS) is 34.3. The van der Waals surface area contributed by atoms with Crippen molar-refractivity contribution in [3.05, 3.63) is 5.25 Å². The van der Waals surface area contributed by atoms with E-state index >= 15 is 0 Å². The third-order valence-corrected chi connectivity index (χ3v) is 2.08. The van der Waals surface area contributed by atoms with Crippen molar-refractivity contribution in [2.24, 2.45) is 0 Å². The summed E-state index contributed by atoms with van der Waals surface area (Å²) < 4.78 is 0. The molecule has 0 aliphatic heterocycles. The van der Waals surface area contributed by atoms with Gasteiger partial charge >= 0.3 is 0 Å². The molecule has 1 radical (unpaired) electrons. The molecule has 0 saturated heterocycles. The Bertz CT molecular complexity index is 55.1. The van der Waals surface area contributed by atoms with Gasteiger partial charge < -0.3 is 0 Å². The van der Waals surface area contributed by atoms with Gasteiger partial charge in [-0.15, -0.1) is 0 Å². The van der Waals surface area contributed by atoms with Crippen LogP contribution in [0.15, 0.2) is 0 Å². The SMILES string of the molecule is S[C]1CCC(S)C1. The van der Waals surface area contributed by atoms with Crippen LogP contribution in [-0.4, -0.2) is 5.25 Å². The monoisotopic (exact) mass is 133 g/mol. The van der Waals surface area contributed by atoms with Gasteiger partial charge in [0.25, 0.3) is 0 Å². The highest BCUT2D eigenvalue weighted by Crippen LogP contribution is 2.32. The van der Waals surface area contributed by atoms with Crippen LogP contribution in [0.5, 0.6) is 0 Å². The van der Waals surface area contributed by atoms with Crippen LogP contribution in [0.3, 0.4) is 0 Å². The maximum Gasteiger partial charge on any atom is 0.0285 e. The van der Waals surface area contributed by atoms with Gasteiger partial charge in [0.05, 0.1) is 0 Å². The van der Waals surface area contributed by atoms with Crippen molar-refractivity contribution in [3.63, 3.8) is 0 Å². The molecule has 0 nitrogen and oxygen atoms in total. The second kappa shape index (κ2) is 2.31. The topological polar surface area (TPSA) is 0 Å². The Labute approximate surface area is 55.5 Å². The summed E-state index contributed by atoms with van der Waals surface area (Å²) in [4.78, 5) is 0. The zero-order valence-corrected chi connectivity index (χ0v) is 5.88. The molecule has 0 aromatic carbocycles. The van der Waals surface area contributed by atoms with E-state index in [1.54, 1.807) is 0 Å². The molecule has 1 saturated carbocycles. The van der Waals surface area contributed by atoms with Crippen molar-refractivity contribution < 1.29 is 0 Å². The van der Waals surface area contributed by atoms with Gasteiger partial charge in [-0.05, 0) is 19.3 Å². The summed E-state index contributed by atoms with van der Waals surface area (Å²) in [5, 5.41) is 1.92. The van der Waals surface area contributed by atoms with E-state index in [-0.39, 0.29) is 0 Å². The molecule has 0 aromatic heterocycles. The highest BCUT2D eigenvalue weighted by Gasteiger charge is 2.18. The summed E-state index contributed by atoms with van der Waals surface area (Å²) in [7, 11) is 0. The van der Waals surface area contributed by atoms with E-state index in [9.17, 15) is 0 Å². The van der Waals surface area contributed by atoms with E-state index in [4.69, 9.17) is 0 Å². The van der Waals surface area contributed by atoms with Crippen LogP contribution in [0.1, 0.15) is 19.3 Å². The first-order valence-electron chi connectivity index (χ1n) is 2.51. The number of hydrogen-bond acceptors (Lipinski definition) is 2. The van der Waals surface area contributed by atoms with Crippen molar-refractivity contribution in [2.45, 2.75) is 24.5 Å². The minimum Gasteiger partial charge on any atom is -0.176 e. The molecule has 0 bridgehead atoms. The van der Waals surface area contributed by atoms with Crippen LogP contribution in [0, 0.1) is 5.25 Å². The van der Waals surface area contributed by atoms with Crippen molar-refractivity contribution in [1.82, 2.24) is 0 Å². The van der Waals surface area contributed by atoms with Gasteiger partial charge in [-0.2, -0.15) is 25.3 Å². The van der Waals surface area contributed by atoms with Gasteiger partial charge in [0.1, 0.15) is 0 Å². The van der Waals surface area contributed by atoms with Gasteiger partial charge in [-0.1, -0.05) is 0 Å². The lowest BCUT2D eigenvalue weighted by Gasteiger charge is -1.94. The molecular weight excluding hydrogens is 124 g/mol. The molecule has 1 fully saturated rings. The molecular formula is C5H9S2. The van der Waals surface area contributed by atoms with Crippen LogP contribution in [0.25, 0.3) is 0 Å². The van der Waals surface area contributed by atoms with E-state index in [0.29, 0.717) is 5.25 Å². The molecule has 41 valence electrons. The molecule has 1 unspecified atom stereocenters. The minimum atomic E-state index is 0.604. The second-order valence-electron chi connectivity index (χ2n) is 1.96. The van der Waals surface area contributed by atoms with Crippen molar-refractivity contribution in [1.29, 1.82) is 0 Å². The Kier molecular flexibility index (Phi) is 1.93. The van der Waals surface area contributed by atoms with Crippen molar-refractivity contribution >= 4 is 25.3 Å². The van der Waals surface area contributed by atoms with Gasteiger partial charge in [0, 0.05) is 10.5 Å². The van der Waals surface area contributed by atoms with E-state index < -0.39 is 0 Å². The maximum atomic E-state index is 4.28. The highest BCUT2D eigenvalue weighted by molar-refractivity contribution is 7.83. The largest absolute Gasteiger partial charge is 0.176 e. The Hall–Kier alpha value is 0.700. The molecule has 0 spiro atoms. The minimum absolute atomic E-state index is 0.604. The molecule has 0 aromatic rings. The Balaban J connectivity index is 2.26. The maximum absolute atomic E-state index is 4.28. The summed E-state index contributed by atoms with van der Waals surface area (Å²) >= 11 is 8.50. The summed E-state index contributed by atoms with van der Waals surface area (Å²) in [6, 6.07) is 0. The van der Waals surface area contributed by atoms with Crippen LogP contribution < -0.4 is 0 Å². The van der Waals surface area contributed by atoms with Crippen LogP contribution in [-0.2, 0) is 0 Å². The highest BCUT2D eigenvalue weighted by atomic mass is 32.1. The molecule has 1 rings (SSSR count). The number of thiol groups is 2. The van der Waals surface area contributed by atoms with E-state index in [1.165, 1.54) is 18.1 Å². The third-order valence-electron chi connectivity index (χ3n) is 1.24. The molecule has 1 atom stereocenters. The van der Waals surface area contributed by atoms with E-state index in [1.807, 2.05) is 0 Å². The number of rotatable bonds is 0. The van der Waals surface area contributed by atoms with E-state index in [2.05, 4.69) is 25.3 Å². The van der Waals surface area contributed by atoms with Crippen molar-refractivity contribution in [2.75, 3.05) is 0 Å². The zero-order valence-electron chi connectivity index (χ0n) is 4.09. The fourth-order valence-corrected chi connectivity index (χ4v) is 1.65. The van der Waals surface area contributed by atoms with E-state index in [0.717, 1.165) is 6.42 Å². The quantitative estimate of drug-likeness (QED) is 0.463. The lowest BCUT2D eigenvalue weighted by molar-refractivity contribution is 0.913. The Morgan fingerprint density at radius 2 is 2.29 bits per heavy atom. The van der Waals surface area contributed by atoms with Crippen LogP contribution in [0.4, 0.5) is 0 Å². The van der Waals surface area contributed by atoms with Crippen molar-refractivity contribution in [3.8, 4) is 0 Å². The standard InChI is InChI=1S/C5H9S2/c6-4-1-2-5(7)3-4/h4,6-7H,1-3H2. The summed E-state index contributed by atoms with van der Waals surface area (Å²) in [6.45, 7) is 0. The van der Waals surface area contributed by atoms with Gasteiger partial charge in [-0.25, -0.2) is 0 Å². The average molecular weight is 133 g/mol. The zero-order chi connectivity index (χ0) is 5.28.